The number of carbonyl (C=O) groups excluding carboxylic acids is 2. The number of para-hydroxylation sites is 1. The van der Waals surface area contributed by atoms with E-state index in [1.165, 1.54) is 7.11 Å². The highest BCUT2D eigenvalue weighted by Crippen LogP contribution is 2.54. The van der Waals surface area contributed by atoms with Crippen molar-refractivity contribution in [3.05, 3.63) is 95.6 Å². The lowest BCUT2D eigenvalue weighted by molar-refractivity contribution is -0.149. The van der Waals surface area contributed by atoms with Crippen molar-refractivity contribution >= 4 is 23.5 Å². The van der Waals surface area contributed by atoms with E-state index in [9.17, 15) is 19.5 Å². The maximum absolute atomic E-state index is 13.9. The third kappa shape index (κ3) is 3.34. The molecule has 3 aromatic rings. The van der Waals surface area contributed by atoms with Gasteiger partial charge in [0, 0.05) is 11.6 Å². The first-order chi connectivity index (χ1) is 16.9. The Labute approximate surface area is 203 Å². The highest BCUT2D eigenvalue weighted by Gasteiger charge is 2.69. The van der Waals surface area contributed by atoms with E-state index in [0.29, 0.717) is 22.6 Å². The van der Waals surface area contributed by atoms with Gasteiger partial charge in [-0.3, -0.25) is 14.9 Å². The van der Waals surface area contributed by atoms with Gasteiger partial charge in [-0.1, -0.05) is 67.6 Å². The average molecular weight is 471 g/mol. The fourth-order valence-corrected chi connectivity index (χ4v) is 5.52. The van der Waals surface area contributed by atoms with Crippen molar-refractivity contribution in [3.8, 4) is 5.75 Å². The van der Waals surface area contributed by atoms with Gasteiger partial charge in [-0.15, -0.1) is 0 Å². The van der Waals surface area contributed by atoms with Gasteiger partial charge in [0.05, 0.1) is 24.6 Å². The van der Waals surface area contributed by atoms with E-state index in [1.807, 2.05) is 19.1 Å². The predicted molar refractivity (Wildman–Crippen MR) is 130 cm³/mol. The van der Waals surface area contributed by atoms with E-state index >= 15 is 0 Å². The Bertz CT molecular complexity index is 1290. The molecule has 2 aliphatic rings. The largest absolute Gasteiger partial charge is 0.496 e. The minimum atomic E-state index is -1.79. The second kappa shape index (κ2) is 8.67. The number of hydrogen-bond acceptors (Lipinski definition) is 5. The van der Waals surface area contributed by atoms with E-state index < -0.39 is 41.2 Å². The summed E-state index contributed by atoms with van der Waals surface area (Å²) in [4.78, 5) is 42.0. The molecule has 7 heteroatoms. The molecule has 2 saturated heterocycles. The molecule has 2 amide bonds. The fraction of sp³-hybridized carbons (Fsp3) is 0.250. The monoisotopic (exact) mass is 470 g/mol. The van der Waals surface area contributed by atoms with Crippen molar-refractivity contribution < 1.29 is 24.2 Å². The summed E-state index contributed by atoms with van der Waals surface area (Å²) in [6, 6.07) is 22.3. The second-order valence-electron chi connectivity index (χ2n) is 8.88. The topological polar surface area (TPSA) is 95.9 Å². The molecule has 0 bridgehead atoms. The van der Waals surface area contributed by atoms with Crippen LogP contribution in [0.5, 0.6) is 5.75 Å². The number of rotatable bonds is 6. The molecule has 4 unspecified atom stereocenters. The van der Waals surface area contributed by atoms with Gasteiger partial charge < -0.3 is 9.84 Å². The number of anilines is 1. The third-order valence-corrected chi connectivity index (χ3v) is 7.20. The van der Waals surface area contributed by atoms with Crippen LogP contribution in [-0.2, 0) is 26.3 Å². The summed E-state index contributed by atoms with van der Waals surface area (Å²) in [5.41, 5.74) is 0.781. The molecule has 178 valence electrons. The van der Waals surface area contributed by atoms with Gasteiger partial charge >= 0.3 is 5.97 Å². The SMILES string of the molecule is CCc1ccc(N2C(=O)C3C(c4ccccc4OC)NC(C(=O)O)(c4ccccc4)C3C2=O)cc1. The van der Waals surface area contributed by atoms with Crippen LogP contribution < -0.4 is 15.0 Å². The Kier molecular flexibility index (Phi) is 5.65. The van der Waals surface area contributed by atoms with Gasteiger partial charge in [0.1, 0.15) is 5.75 Å². The van der Waals surface area contributed by atoms with E-state index in [0.717, 1.165) is 16.9 Å². The standard InChI is InChI=1S/C28H26N2O5/c1-3-17-13-15-19(16-14-17)30-25(31)22-23(26(30)32)28(27(33)34,18-9-5-4-6-10-18)29-24(22)20-11-7-8-12-21(20)35-2/h4-16,22-24,29H,3H2,1-2H3,(H,33,34). The van der Waals surface area contributed by atoms with Crippen LogP contribution in [0.1, 0.15) is 29.7 Å². The summed E-state index contributed by atoms with van der Waals surface area (Å²) in [5.74, 6) is -3.71. The molecule has 2 heterocycles. The van der Waals surface area contributed by atoms with Crippen LogP contribution >= 0.6 is 0 Å². The second-order valence-corrected chi connectivity index (χ2v) is 8.88. The lowest BCUT2D eigenvalue weighted by Crippen LogP contribution is -2.53. The summed E-state index contributed by atoms with van der Waals surface area (Å²) in [6.45, 7) is 2.02. The number of hydrogen-bond donors (Lipinski definition) is 2. The molecule has 0 spiro atoms. The highest BCUT2D eigenvalue weighted by atomic mass is 16.5. The predicted octanol–water partition coefficient (Wildman–Crippen LogP) is 3.69. The molecule has 3 aromatic carbocycles. The molecular weight excluding hydrogens is 444 g/mol. The van der Waals surface area contributed by atoms with Crippen LogP contribution in [0.15, 0.2) is 78.9 Å². The van der Waals surface area contributed by atoms with Gasteiger partial charge in [0.25, 0.3) is 0 Å². The van der Waals surface area contributed by atoms with Crippen LogP contribution in [-0.4, -0.2) is 30.0 Å². The fourth-order valence-electron chi connectivity index (χ4n) is 5.52. The van der Waals surface area contributed by atoms with Crippen LogP contribution in [0, 0.1) is 11.8 Å². The molecule has 0 radical (unpaired) electrons. The normalized spacial score (nSPS) is 25.5. The Hall–Kier alpha value is -3.97. The van der Waals surface area contributed by atoms with E-state index in [-0.39, 0.29) is 0 Å². The summed E-state index contributed by atoms with van der Waals surface area (Å²) in [5, 5.41) is 13.8. The number of ether oxygens (including phenoxy) is 1. The molecule has 5 rings (SSSR count). The maximum atomic E-state index is 13.9. The number of nitrogens with zero attached hydrogens (tertiary/aromatic N) is 1. The van der Waals surface area contributed by atoms with Crippen molar-refractivity contribution in [2.24, 2.45) is 11.8 Å². The number of aryl methyl sites for hydroxylation is 1. The third-order valence-electron chi connectivity index (χ3n) is 7.20. The van der Waals surface area contributed by atoms with Crippen molar-refractivity contribution in [1.29, 1.82) is 0 Å². The van der Waals surface area contributed by atoms with E-state index in [2.05, 4.69) is 5.32 Å². The first-order valence-electron chi connectivity index (χ1n) is 11.6. The summed E-state index contributed by atoms with van der Waals surface area (Å²) >= 11 is 0. The molecule has 2 aliphatic heterocycles. The summed E-state index contributed by atoms with van der Waals surface area (Å²) < 4.78 is 5.54. The van der Waals surface area contributed by atoms with Gasteiger partial charge in [-0.25, -0.2) is 9.69 Å². The molecule has 2 fully saturated rings. The zero-order valence-corrected chi connectivity index (χ0v) is 19.5. The Balaban J connectivity index is 1.71. The van der Waals surface area contributed by atoms with E-state index in [1.54, 1.807) is 66.7 Å². The number of aliphatic carboxylic acids is 1. The molecule has 35 heavy (non-hydrogen) atoms. The van der Waals surface area contributed by atoms with Gasteiger partial charge in [-0.2, -0.15) is 0 Å². The summed E-state index contributed by atoms with van der Waals surface area (Å²) in [7, 11) is 1.52. The van der Waals surface area contributed by atoms with Crippen molar-refractivity contribution in [1.82, 2.24) is 5.32 Å². The minimum absolute atomic E-state index is 0.421. The van der Waals surface area contributed by atoms with Crippen LogP contribution in [0.4, 0.5) is 5.69 Å². The first kappa shape index (κ1) is 22.8. The maximum Gasteiger partial charge on any atom is 0.329 e. The first-order valence-corrected chi connectivity index (χ1v) is 11.6. The lowest BCUT2D eigenvalue weighted by atomic mass is 9.75. The molecule has 7 nitrogen and oxygen atoms in total. The number of methoxy groups -OCH3 is 1. The molecule has 0 aromatic heterocycles. The van der Waals surface area contributed by atoms with Crippen LogP contribution in [0.2, 0.25) is 0 Å². The van der Waals surface area contributed by atoms with Crippen LogP contribution in [0.3, 0.4) is 0 Å². The molecule has 0 saturated carbocycles. The number of benzene rings is 3. The lowest BCUT2D eigenvalue weighted by Gasteiger charge is -2.31. The Morgan fingerprint density at radius 3 is 2.26 bits per heavy atom. The molecule has 2 N–H and O–H groups in total. The minimum Gasteiger partial charge on any atom is -0.496 e. The zero-order chi connectivity index (χ0) is 24.7. The van der Waals surface area contributed by atoms with Gasteiger partial charge in [0.2, 0.25) is 11.8 Å². The molecule has 4 atom stereocenters. The molecule has 0 aliphatic carbocycles. The van der Waals surface area contributed by atoms with Crippen molar-refractivity contribution in [2.75, 3.05) is 12.0 Å². The summed E-state index contributed by atoms with van der Waals surface area (Å²) in [6.07, 6.45) is 0.823. The van der Waals surface area contributed by atoms with Gasteiger partial charge in [-0.05, 0) is 35.7 Å². The average Bonchev–Trinajstić information content (AvgIpc) is 3.39. The van der Waals surface area contributed by atoms with Crippen molar-refractivity contribution in [3.63, 3.8) is 0 Å². The zero-order valence-electron chi connectivity index (χ0n) is 19.5. The van der Waals surface area contributed by atoms with Gasteiger partial charge in [0.15, 0.2) is 5.54 Å². The number of carbonyl (C=O) groups is 3. The molecular formula is C28H26N2O5. The van der Waals surface area contributed by atoms with Crippen molar-refractivity contribution in [2.45, 2.75) is 24.9 Å². The number of nitrogens with one attached hydrogen (secondary N) is 1. The van der Waals surface area contributed by atoms with Crippen LogP contribution in [0.25, 0.3) is 0 Å². The number of carboxylic acid groups (broad SMARTS) is 1. The number of carboxylic acids is 1. The highest BCUT2D eigenvalue weighted by molar-refractivity contribution is 6.24. The Morgan fingerprint density at radius 1 is 0.971 bits per heavy atom. The smallest absolute Gasteiger partial charge is 0.329 e. The number of imide groups is 1. The quantitative estimate of drug-likeness (QED) is 0.534. The van der Waals surface area contributed by atoms with E-state index in [4.69, 9.17) is 4.74 Å². The Morgan fingerprint density at radius 2 is 1.63 bits per heavy atom. The number of fused-ring (bicyclic) bond motifs is 1. The number of amides is 2.